The van der Waals surface area contributed by atoms with Crippen LogP contribution in [0.5, 0.6) is 0 Å². The van der Waals surface area contributed by atoms with Gasteiger partial charge in [-0.3, -0.25) is 4.79 Å². The monoisotopic (exact) mass is 227 g/mol. The molecule has 0 bridgehead atoms. The van der Waals surface area contributed by atoms with Crippen molar-refractivity contribution in [3.8, 4) is 0 Å². The van der Waals surface area contributed by atoms with Crippen LogP contribution in [0.3, 0.4) is 0 Å². The Morgan fingerprint density at radius 3 is 3.07 bits per heavy atom. The van der Waals surface area contributed by atoms with Gasteiger partial charge in [0.05, 0.1) is 10.9 Å². The lowest BCUT2D eigenvalue weighted by molar-refractivity contribution is -0.115. The van der Waals surface area contributed by atoms with E-state index in [9.17, 15) is 4.79 Å². The normalized spacial score (nSPS) is 20.1. The summed E-state index contributed by atoms with van der Waals surface area (Å²) in [4.78, 5) is 12.6. The fraction of sp³-hybridized carbons (Fsp3) is 0.300. The summed E-state index contributed by atoms with van der Waals surface area (Å²) in [6.45, 7) is 2.01. The molecule has 1 aromatic rings. The number of carbonyl (C=O) groups is 1. The highest BCUT2D eigenvalue weighted by Crippen LogP contribution is 2.37. The first kappa shape index (κ1) is 9.87. The van der Waals surface area contributed by atoms with Gasteiger partial charge in [0.1, 0.15) is 0 Å². The van der Waals surface area contributed by atoms with Gasteiger partial charge in [-0.25, -0.2) is 0 Å². The number of carbonyl (C=O) groups excluding carboxylic acids is 1. The van der Waals surface area contributed by atoms with E-state index in [1.54, 1.807) is 17.8 Å². The fourth-order valence-electron chi connectivity index (χ4n) is 1.39. The van der Waals surface area contributed by atoms with Crippen molar-refractivity contribution in [2.45, 2.75) is 23.5 Å². The predicted molar refractivity (Wildman–Crippen MR) is 60.0 cm³/mol. The summed E-state index contributed by atoms with van der Waals surface area (Å²) in [5, 5.41) is 3.54. The van der Waals surface area contributed by atoms with E-state index in [4.69, 9.17) is 11.6 Å². The zero-order chi connectivity index (χ0) is 10.1. The number of hydrogen-bond acceptors (Lipinski definition) is 2. The van der Waals surface area contributed by atoms with Gasteiger partial charge in [0.2, 0.25) is 5.91 Å². The van der Waals surface area contributed by atoms with Crippen molar-refractivity contribution in [2.75, 3.05) is 5.32 Å². The molecular formula is C10H10ClNOS. The lowest BCUT2D eigenvalue weighted by atomic mass is 10.2. The third-order valence-corrected chi connectivity index (χ3v) is 3.81. The summed E-state index contributed by atoms with van der Waals surface area (Å²) in [6.07, 6.45) is 0.846. The minimum absolute atomic E-state index is 0.0312. The number of hydrogen-bond donors (Lipinski definition) is 1. The number of rotatable bonds is 1. The van der Waals surface area contributed by atoms with E-state index in [1.165, 1.54) is 0 Å². The maximum Gasteiger partial charge on any atom is 0.237 e. The number of amides is 1. The van der Waals surface area contributed by atoms with Crippen molar-refractivity contribution >= 4 is 35.0 Å². The minimum atomic E-state index is 0.0312. The molecule has 1 aliphatic heterocycles. The van der Waals surface area contributed by atoms with Crippen LogP contribution in [0.15, 0.2) is 23.1 Å². The summed E-state index contributed by atoms with van der Waals surface area (Å²) in [5.74, 6) is 0.0762. The maximum absolute atomic E-state index is 11.5. The zero-order valence-corrected chi connectivity index (χ0v) is 9.28. The number of benzene rings is 1. The van der Waals surface area contributed by atoms with E-state index in [-0.39, 0.29) is 11.2 Å². The molecule has 1 aliphatic rings. The Balaban J connectivity index is 2.35. The van der Waals surface area contributed by atoms with Crippen LogP contribution in [0, 0.1) is 0 Å². The van der Waals surface area contributed by atoms with E-state index in [1.807, 2.05) is 19.1 Å². The first-order valence-electron chi connectivity index (χ1n) is 4.47. The molecule has 0 aliphatic carbocycles. The first-order valence-corrected chi connectivity index (χ1v) is 5.73. The van der Waals surface area contributed by atoms with Crippen LogP contribution in [0.1, 0.15) is 13.3 Å². The molecule has 4 heteroatoms. The second kappa shape index (κ2) is 3.83. The number of thioether (sulfide) groups is 1. The summed E-state index contributed by atoms with van der Waals surface area (Å²) in [6, 6.07) is 5.58. The molecule has 14 heavy (non-hydrogen) atoms. The van der Waals surface area contributed by atoms with E-state index in [0.717, 1.165) is 17.0 Å². The second-order valence-electron chi connectivity index (χ2n) is 3.14. The van der Waals surface area contributed by atoms with Crippen molar-refractivity contribution in [2.24, 2.45) is 0 Å². The molecule has 1 unspecified atom stereocenters. The van der Waals surface area contributed by atoms with Gasteiger partial charge in [-0.05, 0) is 24.6 Å². The highest BCUT2D eigenvalue weighted by atomic mass is 35.5. The average molecular weight is 228 g/mol. The Labute approximate surface area is 92.0 Å². The molecule has 1 N–H and O–H groups in total. The highest BCUT2D eigenvalue weighted by molar-refractivity contribution is 8.01. The third-order valence-electron chi connectivity index (χ3n) is 2.13. The second-order valence-corrected chi connectivity index (χ2v) is 4.83. The third kappa shape index (κ3) is 1.74. The van der Waals surface area contributed by atoms with Crippen LogP contribution in [0.25, 0.3) is 0 Å². The quantitative estimate of drug-likeness (QED) is 0.799. The van der Waals surface area contributed by atoms with Crippen molar-refractivity contribution in [1.29, 1.82) is 0 Å². The van der Waals surface area contributed by atoms with Crippen molar-refractivity contribution < 1.29 is 4.79 Å². The summed E-state index contributed by atoms with van der Waals surface area (Å²) < 4.78 is 0. The first-order chi connectivity index (χ1) is 6.70. The van der Waals surface area contributed by atoms with Gasteiger partial charge < -0.3 is 5.32 Å². The Kier molecular flexibility index (Phi) is 2.70. The van der Waals surface area contributed by atoms with Crippen LogP contribution in [0.4, 0.5) is 5.69 Å². The van der Waals surface area contributed by atoms with Crippen molar-refractivity contribution in [3.05, 3.63) is 23.2 Å². The Morgan fingerprint density at radius 1 is 1.57 bits per heavy atom. The Morgan fingerprint density at radius 2 is 2.36 bits per heavy atom. The number of nitrogens with one attached hydrogen (secondary N) is 1. The Hall–Kier alpha value is -0.670. The molecule has 2 nitrogen and oxygen atoms in total. The molecule has 74 valence electrons. The fourth-order valence-corrected chi connectivity index (χ4v) is 2.59. The zero-order valence-electron chi connectivity index (χ0n) is 7.71. The lowest BCUT2D eigenvalue weighted by Gasteiger charge is -2.22. The molecule has 0 saturated carbocycles. The van der Waals surface area contributed by atoms with Crippen LogP contribution in [-0.2, 0) is 4.79 Å². The number of halogens is 1. The van der Waals surface area contributed by atoms with E-state index in [2.05, 4.69) is 5.32 Å². The molecule has 0 radical (unpaired) electrons. The van der Waals surface area contributed by atoms with Crippen LogP contribution in [0.2, 0.25) is 5.02 Å². The van der Waals surface area contributed by atoms with Crippen LogP contribution in [-0.4, -0.2) is 11.2 Å². The molecule has 0 fully saturated rings. The standard InChI is InChI=1S/C10H10ClNOS/c1-2-8-10(13)12-7-5-6(11)3-4-9(7)14-8/h3-5,8H,2H2,1H3,(H,12,13). The molecule has 0 spiro atoms. The molecule has 0 aromatic heterocycles. The van der Waals surface area contributed by atoms with Crippen molar-refractivity contribution in [3.63, 3.8) is 0 Å². The van der Waals surface area contributed by atoms with Gasteiger partial charge in [0.25, 0.3) is 0 Å². The van der Waals surface area contributed by atoms with Gasteiger partial charge in [-0.1, -0.05) is 18.5 Å². The van der Waals surface area contributed by atoms with Gasteiger partial charge >= 0.3 is 0 Å². The predicted octanol–water partition coefficient (Wildman–Crippen LogP) is 3.16. The molecule has 1 aromatic carbocycles. The SMILES string of the molecule is CCC1Sc2ccc(Cl)cc2NC1=O. The van der Waals surface area contributed by atoms with Gasteiger partial charge in [-0.15, -0.1) is 11.8 Å². The molecule has 1 amide bonds. The van der Waals surface area contributed by atoms with E-state index >= 15 is 0 Å². The molecular weight excluding hydrogens is 218 g/mol. The van der Waals surface area contributed by atoms with Gasteiger partial charge in [-0.2, -0.15) is 0 Å². The number of fused-ring (bicyclic) bond motifs is 1. The molecule has 2 rings (SSSR count). The Bertz CT molecular complexity index is 380. The summed E-state index contributed by atoms with van der Waals surface area (Å²) >= 11 is 7.44. The van der Waals surface area contributed by atoms with E-state index < -0.39 is 0 Å². The van der Waals surface area contributed by atoms with E-state index in [0.29, 0.717) is 5.02 Å². The minimum Gasteiger partial charge on any atom is -0.324 e. The van der Waals surface area contributed by atoms with Gasteiger partial charge in [0.15, 0.2) is 0 Å². The average Bonchev–Trinajstić information content (AvgIpc) is 2.16. The van der Waals surface area contributed by atoms with Crippen LogP contribution >= 0.6 is 23.4 Å². The molecule has 0 saturated heterocycles. The summed E-state index contributed by atoms with van der Waals surface area (Å²) in [5.41, 5.74) is 0.831. The van der Waals surface area contributed by atoms with Gasteiger partial charge in [0, 0.05) is 9.92 Å². The van der Waals surface area contributed by atoms with Crippen molar-refractivity contribution in [1.82, 2.24) is 0 Å². The highest BCUT2D eigenvalue weighted by Gasteiger charge is 2.25. The van der Waals surface area contributed by atoms with Crippen LogP contribution < -0.4 is 5.32 Å². The molecule has 1 atom stereocenters. The smallest absolute Gasteiger partial charge is 0.237 e. The largest absolute Gasteiger partial charge is 0.324 e. The molecule has 1 heterocycles. The topological polar surface area (TPSA) is 29.1 Å². The maximum atomic E-state index is 11.5. The lowest BCUT2D eigenvalue weighted by Crippen LogP contribution is -2.28. The number of anilines is 1. The summed E-state index contributed by atoms with van der Waals surface area (Å²) in [7, 11) is 0.